The van der Waals surface area contributed by atoms with Crippen LogP contribution in [-0.4, -0.2) is 45.2 Å². The Balaban J connectivity index is 1.85. The van der Waals surface area contributed by atoms with Gasteiger partial charge in [-0.1, -0.05) is 12.1 Å². The Morgan fingerprint density at radius 3 is 2.61 bits per heavy atom. The normalized spacial score (nSPS) is 10.2. The van der Waals surface area contributed by atoms with Crippen molar-refractivity contribution in [1.82, 2.24) is 5.32 Å². The van der Waals surface area contributed by atoms with Gasteiger partial charge in [0.1, 0.15) is 5.75 Å². The van der Waals surface area contributed by atoms with Crippen molar-refractivity contribution in [2.24, 2.45) is 0 Å². The minimum Gasteiger partial charge on any atom is -0.494 e. The van der Waals surface area contributed by atoms with Gasteiger partial charge in [-0.25, -0.2) is 0 Å². The quantitative estimate of drug-likeness (QED) is 0.518. The first kappa shape index (κ1) is 21.2. The van der Waals surface area contributed by atoms with Gasteiger partial charge in [0.2, 0.25) is 5.91 Å². The fourth-order valence-electron chi connectivity index (χ4n) is 2.51. The molecular weight excluding hydrogens is 358 g/mol. The summed E-state index contributed by atoms with van der Waals surface area (Å²) in [5.41, 5.74) is 1.86. The smallest absolute Gasteiger partial charge is 0.251 e. The molecule has 2 amide bonds. The predicted molar refractivity (Wildman–Crippen MR) is 110 cm³/mol. The molecule has 0 aliphatic carbocycles. The lowest BCUT2D eigenvalue weighted by atomic mass is 10.2. The first-order chi connectivity index (χ1) is 13.6. The van der Waals surface area contributed by atoms with Gasteiger partial charge < -0.3 is 25.4 Å². The molecule has 3 N–H and O–H groups in total. The minimum absolute atomic E-state index is 0.100. The van der Waals surface area contributed by atoms with Crippen molar-refractivity contribution in [2.75, 3.05) is 44.0 Å². The summed E-state index contributed by atoms with van der Waals surface area (Å²) in [6, 6.07) is 14.3. The second kappa shape index (κ2) is 11.6. The van der Waals surface area contributed by atoms with Gasteiger partial charge in [0.15, 0.2) is 0 Å². The van der Waals surface area contributed by atoms with Crippen LogP contribution in [0.25, 0.3) is 0 Å². The Bertz CT molecular complexity index is 780. The van der Waals surface area contributed by atoms with E-state index in [0.717, 1.165) is 17.9 Å². The van der Waals surface area contributed by atoms with Crippen LogP contribution in [0.1, 0.15) is 23.7 Å². The van der Waals surface area contributed by atoms with Gasteiger partial charge in [-0.15, -0.1) is 0 Å². The zero-order valence-electron chi connectivity index (χ0n) is 16.3. The lowest BCUT2D eigenvalue weighted by Gasteiger charge is -2.10. The molecular formula is C21H27N3O4. The number of hydrogen-bond acceptors (Lipinski definition) is 5. The summed E-state index contributed by atoms with van der Waals surface area (Å²) in [4.78, 5) is 24.4. The maximum Gasteiger partial charge on any atom is 0.251 e. The van der Waals surface area contributed by atoms with E-state index < -0.39 is 0 Å². The maximum atomic E-state index is 12.2. The third-order valence-corrected chi connectivity index (χ3v) is 3.82. The number of nitrogens with one attached hydrogen (secondary N) is 3. The van der Waals surface area contributed by atoms with E-state index in [2.05, 4.69) is 16.0 Å². The van der Waals surface area contributed by atoms with E-state index in [-0.39, 0.29) is 18.4 Å². The maximum absolute atomic E-state index is 12.2. The molecule has 2 aromatic rings. The van der Waals surface area contributed by atoms with Crippen LogP contribution in [0.15, 0.2) is 48.5 Å². The topological polar surface area (TPSA) is 88.7 Å². The van der Waals surface area contributed by atoms with Gasteiger partial charge in [-0.05, 0) is 43.7 Å². The van der Waals surface area contributed by atoms with Crippen LogP contribution < -0.4 is 20.7 Å². The number of ether oxygens (including phenoxy) is 2. The second-order valence-electron chi connectivity index (χ2n) is 6.05. The summed E-state index contributed by atoms with van der Waals surface area (Å²) >= 11 is 0. The Morgan fingerprint density at radius 1 is 1.04 bits per heavy atom. The summed E-state index contributed by atoms with van der Waals surface area (Å²) < 4.78 is 10.4. The van der Waals surface area contributed by atoms with E-state index >= 15 is 0 Å². The van der Waals surface area contributed by atoms with Crippen LogP contribution in [0.3, 0.4) is 0 Å². The number of rotatable bonds is 11. The standard InChI is InChI=1S/C21H27N3O4/c1-3-28-19-10-5-8-17(14-19)23-15-20(25)24-18-9-4-7-16(13-18)21(26)22-11-6-12-27-2/h4-5,7-10,13-14,23H,3,6,11-12,15H2,1-2H3,(H,22,26)(H,24,25). The summed E-state index contributed by atoms with van der Waals surface area (Å²) in [6.45, 7) is 3.73. The molecule has 0 radical (unpaired) electrons. The molecule has 0 aliphatic rings. The van der Waals surface area contributed by atoms with Crippen molar-refractivity contribution in [3.8, 4) is 5.75 Å². The molecule has 0 heterocycles. The summed E-state index contributed by atoms with van der Waals surface area (Å²) in [6.07, 6.45) is 0.745. The third-order valence-electron chi connectivity index (χ3n) is 3.82. The lowest BCUT2D eigenvalue weighted by Crippen LogP contribution is -2.25. The van der Waals surface area contributed by atoms with E-state index in [0.29, 0.717) is 31.0 Å². The predicted octanol–water partition coefficient (Wildman–Crippen LogP) is 2.90. The van der Waals surface area contributed by atoms with Gasteiger partial charge in [-0.3, -0.25) is 9.59 Å². The van der Waals surface area contributed by atoms with Gasteiger partial charge in [0, 0.05) is 43.3 Å². The Hall–Kier alpha value is -3.06. The van der Waals surface area contributed by atoms with Crippen molar-refractivity contribution >= 4 is 23.2 Å². The second-order valence-corrected chi connectivity index (χ2v) is 6.05. The summed E-state index contributed by atoms with van der Waals surface area (Å²) in [5.74, 6) is 0.356. The van der Waals surface area contributed by atoms with Crippen LogP contribution in [0, 0.1) is 0 Å². The summed E-state index contributed by atoms with van der Waals surface area (Å²) in [5, 5.41) is 8.67. The van der Waals surface area contributed by atoms with E-state index in [1.165, 1.54) is 0 Å². The third kappa shape index (κ3) is 7.28. The van der Waals surface area contributed by atoms with E-state index in [1.807, 2.05) is 31.2 Å². The highest BCUT2D eigenvalue weighted by molar-refractivity contribution is 5.98. The average molecular weight is 385 g/mol. The number of methoxy groups -OCH3 is 1. The molecule has 150 valence electrons. The molecule has 0 fully saturated rings. The highest BCUT2D eigenvalue weighted by atomic mass is 16.5. The number of carbonyl (C=O) groups is 2. The highest BCUT2D eigenvalue weighted by Crippen LogP contribution is 2.17. The monoisotopic (exact) mass is 385 g/mol. The molecule has 0 aliphatic heterocycles. The Labute approximate surface area is 165 Å². The fraction of sp³-hybridized carbons (Fsp3) is 0.333. The van der Waals surface area contributed by atoms with Crippen LogP contribution in [0.5, 0.6) is 5.75 Å². The SMILES string of the molecule is CCOc1cccc(NCC(=O)Nc2cccc(C(=O)NCCCOC)c2)c1. The first-order valence-electron chi connectivity index (χ1n) is 9.26. The fourth-order valence-corrected chi connectivity index (χ4v) is 2.51. The van der Waals surface area contributed by atoms with Gasteiger partial charge in [0.05, 0.1) is 13.2 Å². The number of carbonyl (C=O) groups excluding carboxylic acids is 2. The molecule has 0 saturated heterocycles. The molecule has 2 rings (SSSR count). The lowest BCUT2D eigenvalue weighted by molar-refractivity contribution is -0.114. The molecule has 7 heteroatoms. The zero-order chi connectivity index (χ0) is 20.2. The van der Waals surface area contributed by atoms with Crippen molar-refractivity contribution in [2.45, 2.75) is 13.3 Å². The molecule has 2 aromatic carbocycles. The highest BCUT2D eigenvalue weighted by Gasteiger charge is 2.08. The Morgan fingerprint density at radius 2 is 1.82 bits per heavy atom. The van der Waals surface area contributed by atoms with Crippen LogP contribution in [-0.2, 0) is 9.53 Å². The summed E-state index contributed by atoms with van der Waals surface area (Å²) in [7, 11) is 1.62. The van der Waals surface area contributed by atoms with E-state index in [1.54, 1.807) is 31.4 Å². The van der Waals surface area contributed by atoms with Crippen LogP contribution in [0.4, 0.5) is 11.4 Å². The van der Waals surface area contributed by atoms with Crippen molar-refractivity contribution in [3.05, 3.63) is 54.1 Å². The largest absolute Gasteiger partial charge is 0.494 e. The van der Waals surface area contributed by atoms with Gasteiger partial charge >= 0.3 is 0 Å². The average Bonchev–Trinajstić information content (AvgIpc) is 2.70. The van der Waals surface area contributed by atoms with Gasteiger partial charge in [-0.2, -0.15) is 0 Å². The molecule has 0 bridgehead atoms. The number of anilines is 2. The van der Waals surface area contributed by atoms with Crippen LogP contribution >= 0.6 is 0 Å². The van der Waals surface area contributed by atoms with E-state index in [9.17, 15) is 9.59 Å². The molecule has 0 unspecified atom stereocenters. The minimum atomic E-state index is -0.209. The number of benzene rings is 2. The molecule has 28 heavy (non-hydrogen) atoms. The van der Waals surface area contributed by atoms with Crippen molar-refractivity contribution in [3.63, 3.8) is 0 Å². The van der Waals surface area contributed by atoms with Crippen LogP contribution in [0.2, 0.25) is 0 Å². The number of hydrogen-bond donors (Lipinski definition) is 3. The molecule has 7 nitrogen and oxygen atoms in total. The zero-order valence-corrected chi connectivity index (χ0v) is 16.3. The molecule has 0 aromatic heterocycles. The molecule has 0 spiro atoms. The van der Waals surface area contributed by atoms with E-state index in [4.69, 9.17) is 9.47 Å². The van der Waals surface area contributed by atoms with Gasteiger partial charge in [0.25, 0.3) is 5.91 Å². The Kier molecular flexibility index (Phi) is 8.81. The van der Waals surface area contributed by atoms with Crippen molar-refractivity contribution in [1.29, 1.82) is 0 Å². The molecule has 0 saturated carbocycles. The van der Waals surface area contributed by atoms with Crippen molar-refractivity contribution < 1.29 is 19.1 Å². The first-order valence-corrected chi connectivity index (χ1v) is 9.26. The number of amides is 2. The molecule has 0 atom stereocenters.